The summed E-state index contributed by atoms with van der Waals surface area (Å²) < 4.78 is 13.8. The van der Waals surface area contributed by atoms with E-state index in [0.29, 0.717) is 32.0 Å². The van der Waals surface area contributed by atoms with Crippen molar-refractivity contribution in [2.24, 2.45) is 0 Å². The van der Waals surface area contributed by atoms with Gasteiger partial charge in [-0.15, -0.1) is 0 Å². The number of nitrogens with zero attached hydrogens (tertiary/aromatic N) is 4. The molecule has 0 bridgehead atoms. The van der Waals surface area contributed by atoms with Crippen molar-refractivity contribution in [1.82, 2.24) is 9.97 Å². The fourth-order valence-electron chi connectivity index (χ4n) is 3.47. The number of benzene rings is 1. The van der Waals surface area contributed by atoms with Gasteiger partial charge >= 0.3 is 5.97 Å². The van der Waals surface area contributed by atoms with Gasteiger partial charge in [0.1, 0.15) is 23.0 Å². The summed E-state index contributed by atoms with van der Waals surface area (Å²) in [7, 11) is 0. The highest BCUT2D eigenvalue weighted by molar-refractivity contribution is 6.05. The fourth-order valence-corrected chi connectivity index (χ4v) is 3.47. The number of halogens is 1. The van der Waals surface area contributed by atoms with Crippen LogP contribution in [0.2, 0.25) is 0 Å². The van der Waals surface area contributed by atoms with Crippen LogP contribution in [0.1, 0.15) is 20.7 Å². The van der Waals surface area contributed by atoms with Crippen molar-refractivity contribution in [2.75, 3.05) is 41.3 Å². The summed E-state index contributed by atoms with van der Waals surface area (Å²) in [4.78, 5) is 36.8. The van der Waals surface area contributed by atoms with E-state index in [1.165, 1.54) is 30.5 Å². The van der Waals surface area contributed by atoms with Gasteiger partial charge in [-0.3, -0.25) is 4.79 Å². The van der Waals surface area contributed by atoms with E-state index in [0.717, 1.165) is 5.82 Å². The van der Waals surface area contributed by atoms with Gasteiger partial charge in [0.25, 0.3) is 5.91 Å². The molecule has 0 radical (unpaired) electrons. The Morgan fingerprint density at radius 1 is 0.935 bits per heavy atom. The van der Waals surface area contributed by atoms with Crippen molar-refractivity contribution in [1.29, 1.82) is 0 Å². The molecule has 1 aromatic carbocycles. The number of anilines is 3. The Bertz CT molecular complexity index is 1100. The Hall–Kier alpha value is -4.01. The Kier molecular flexibility index (Phi) is 5.74. The first kappa shape index (κ1) is 20.3. The van der Waals surface area contributed by atoms with Crippen LogP contribution in [-0.4, -0.2) is 53.1 Å². The Morgan fingerprint density at radius 3 is 2.32 bits per heavy atom. The molecule has 0 aliphatic carbocycles. The minimum atomic E-state index is -1.16. The number of hydrogen-bond donors (Lipinski definition) is 2. The number of rotatable bonds is 5. The van der Waals surface area contributed by atoms with Crippen LogP contribution >= 0.6 is 0 Å². The second-order valence-electron chi connectivity index (χ2n) is 7.00. The second-order valence-corrected chi connectivity index (χ2v) is 7.00. The van der Waals surface area contributed by atoms with Gasteiger partial charge in [0.2, 0.25) is 0 Å². The molecule has 2 aromatic heterocycles. The van der Waals surface area contributed by atoms with Crippen molar-refractivity contribution >= 4 is 29.2 Å². The van der Waals surface area contributed by atoms with E-state index in [9.17, 15) is 19.1 Å². The molecule has 1 amide bonds. The van der Waals surface area contributed by atoms with Gasteiger partial charge in [0.15, 0.2) is 0 Å². The third-order valence-corrected chi connectivity index (χ3v) is 5.03. The molecule has 1 aliphatic rings. The topological polar surface area (TPSA) is 98.7 Å². The summed E-state index contributed by atoms with van der Waals surface area (Å²) in [5.41, 5.74) is 0.0215. The molecule has 1 fully saturated rings. The SMILES string of the molecule is O=C(Nc1cnc(N2CCN(c3ccccn3)CC2)c(C(=O)O)c1)c1ccccc1F. The number of carboxylic acids is 1. The minimum absolute atomic E-state index is 0.0300. The third kappa shape index (κ3) is 4.45. The van der Waals surface area contributed by atoms with Crippen LogP contribution in [0.25, 0.3) is 0 Å². The highest BCUT2D eigenvalue weighted by Gasteiger charge is 2.24. The molecule has 0 spiro atoms. The molecule has 1 saturated heterocycles. The lowest BCUT2D eigenvalue weighted by Gasteiger charge is -2.36. The van der Waals surface area contributed by atoms with Crippen LogP contribution in [0.3, 0.4) is 0 Å². The predicted molar refractivity (Wildman–Crippen MR) is 114 cm³/mol. The van der Waals surface area contributed by atoms with Gasteiger partial charge in [-0.2, -0.15) is 0 Å². The van der Waals surface area contributed by atoms with Crippen LogP contribution < -0.4 is 15.1 Å². The van der Waals surface area contributed by atoms with Gasteiger partial charge in [0, 0.05) is 32.4 Å². The summed E-state index contributed by atoms with van der Waals surface area (Å²) >= 11 is 0. The van der Waals surface area contributed by atoms with Crippen molar-refractivity contribution in [3.63, 3.8) is 0 Å². The van der Waals surface area contributed by atoms with Crippen LogP contribution in [0, 0.1) is 5.82 Å². The number of piperazine rings is 1. The van der Waals surface area contributed by atoms with E-state index in [4.69, 9.17) is 0 Å². The molecule has 4 rings (SSSR count). The number of carbonyl (C=O) groups excluding carboxylic acids is 1. The molecule has 0 unspecified atom stereocenters. The maximum atomic E-state index is 13.8. The van der Waals surface area contributed by atoms with E-state index < -0.39 is 17.7 Å². The van der Waals surface area contributed by atoms with Crippen LogP contribution in [-0.2, 0) is 0 Å². The average Bonchev–Trinajstić information content (AvgIpc) is 2.80. The molecule has 31 heavy (non-hydrogen) atoms. The van der Waals surface area contributed by atoms with Crippen LogP contribution in [0.15, 0.2) is 60.9 Å². The molecule has 2 N–H and O–H groups in total. The standard InChI is InChI=1S/C22H20FN5O3/c23-18-6-2-1-5-16(18)21(29)26-15-13-17(22(30)31)20(25-14-15)28-11-9-27(10-12-28)19-7-3-4-8-24-19/h1-8,13-14H,9-12H2,(H,26,29)(H,30,31). The molecule has 158 valence electrons. The zero-order valence-corrected chi connectivity index (χ0v) is 16.5. The number of carboxylic acid groups (broad SMARTS) is 1. The zero-order chi connectivity index (χ0) is 21.8. The molecular formula is C22H20FN5O3. The lowest BCUT2D eigenvalue weighted by atomic mass is 10.1. The van der Waals surface area contributed by atoms with Crippen molar-refractivity contribution < 1.29 is 19.1 Å². The van der Waals surface area contributed by atoms with Crippen molar-refractivity contribution in [3.8, 4) is 0 Å². The largest absolute Gasteiger partial charge is 0.478 e. The number of aromatic carboxylic acids is 1. The van der Waals surface area contributed by atoms with E-state index in [1.807, 2.05) is 23.1 Å². The number of hydrogen-bond acceptors (Lipinski definition) is 6. The number of carbonyl (C=O) groups is 2. The lowest BCUT2D eigenvalue weighted by molar-refractivity contribution is 0.0696. The van der Waals surface area contributed by atoms with E-state index in [1.54, 1.807) is 12.3 Å². The summed E-state index contributed by atoms with van der Waals surface area (Å²) in [6.07, 6.45) is 3.12. The van der Waals surface area contributed by atoms with E-state index >= 15 is 0 Å². The zero-order valence-electron chi connectivity index (χ0n) is 16.5. The van der Waals surface area contributed by atoms with Crippen molar-refractivity contribution in [3.05, 3.63) is 77.9 Å². The third-order valence-electron chi connectivity index (χ3n) is 5.03. The number of nitrogens with one attached hydrogen (secondary N) is 1. The minimum Gasteiger partial charge on any atom is -0.478 e. The fraction of sp³-hybridized carbons (Fsp3) is 0.182. The second kappa shape index (κ2) is 8.78. The first-order valence-electron chi connectivity index (χ1n) is 9.73. The van der Waals surface area contributed by atoms with Gasteiger partial charge in [-0.05, 0) is 30.3 Å². The first-order chi connectivity index (χ1) is 15.0. The smallest absolute Gasteiger partial charge is 0.339 e. The quantitative estimate of drug-likeness (QED) is 0.654. The van der Waals surface area contributed by atoms with E-state index in [-0.39, 0.29) is 16.8 Å². The summed E-state index contributed by atoms with van der Waals surface area (Å²) in [6, 6.07) is 12.6. The van der Waals surface area contributed by atoms with Crippen LogP contribution in [0.5, 0.6) is 0 Å². The van der Waals surface area contributed by atoms with Gasteiger partial charge in [0.05, 0.1) is 17.4 Å². The molecule has 1 aliphatic heterocycles. The highest BCUT2D eigenvalue weighted by Crippen LogP contribution is 2.24. The molecule has 8 nitrogen and oxygen atoms in total. The predicted octanol–water partition coefficient (Wildman–Crippen LogP) is 2.89. The first-order valence-corrected chi connectivity index (χ1v) is 9.73. The van der Waals surface area contributed by atoms with Crippen LogP contribution in [0.4, 0.5) is 21.7 Å². The number of aromatic nitrogens is 2. The van der Waals surface area contributed by atoms with Gasteiger partial charge < -0.3 is 20.2 Å². The summed E-state index contributed by atoms with van der Waals surface area (Å²) in [5, 5.41) is 12.2. The molecule has 9 heteroatoms. The molecular weight excluding hydrogens is 401 g/mol. The average molecular weight is 421 g/mol. The number of amides is 1. The molecule has 3 aromatic rings. The van der Waals surface area contributed by atoms with Gasteiger partial charge in [-0.1, -0.05) is 18.2 Å². The number of pyridine rings is 2. The molecule has 3 heterocycles. The monoisotopic (exact) mass is 421 g/mol. The summed E-state index contributed by atoms with van der Waals surface area (Å²) in [6.45, 7) is 2.49. The Labute approximate surface area is 178 Å². The maximum absolute atomic E-state index is 13.8. The Morgan fingerprint density at radius 2 is 1.65 bits per heavy atom. The molecule has 0 atom stereocenters. The summed E-state index contributed by atoms with van der Waals surface area (Å²) in [5.74, 6) is -1.28. The maximum Gasteiger partial charge on any atom is 0.339 e. The van der Waals surface area contributed by atoms with Gasteiger partial charge in [-0.25, -0.2) is 19.2 Å². The molecule has 0 saturated carbocycles. The highest BCUT2D eigenvalue weighted by atomic mass is 19.1. The lowest BCUT2D eigenvalue weighted by Crippen LogP contribution is -2.47. The Balaban J connectivity index is 1.50. The van der Waals surface area contributed by atoms with Crippen molar-refractivity contribution in [2.45, 2.75) is 0 Å². The normalized spacial score (nSPS) is 13.7. The van der Waals surface area contributed by atoms with E-state index in [2.05, 4.69) is 20.2 Å².